The molecule has 4 N–H and O–H groups in total. The van der Waals surface area contributed by atoms with Crippen LogP contribution in [0.25, 0.3) is 0 Å². The summed E-state index contributed by atoms with van der Waals surface area (Å²) in [6.07, 6.45) is 1.19. The smallest absolute Gasteiger partial charge is 0.320 e. The largest absolute Gasteiger partial charge is 0.480 e. The van der Waals surface area contributed by atoms with E-state index in [0.717, 1.165) is 0 Å². The van der Waals surface area contributed by atoms with Crippen molar-refractivity contribution in [2.45, 2.75) is 37.9 Å². The van der Waals surface area contributed by atoms with Gasteiger partial charge in [-0.2, -0.15) is 0 Å². The van der Waals surface area contributed by atoms with E-state index in [1.165, 1.54) is 6.92 Å². The molecule has 0 aliphatic carbocycles. The average molecular weight is 186 g/mol. The lowest BCUT2D eigenvalue weighted by Gasteiger charge is -2.16. The molecule has 1 unspecified atom stereocenters. The summed E-state index contributed by atoms with van der Waals surface area (Å²) in [5.74, 6) is -0.984. The second-order valence-electron chi connectivity index (χ2n) is 3.38. The van der Waals surface area contributed by atoms with Gasteiger partial charge in [0.05, 0.1) is 6.04 Å². The number of carboxylic acids is 1. The first-order valence-corrected chi connectivity index (χ1v) is 4.27. The van der Waals surface area contributed by atoms with Crippen LogP contribution in [0.2, 0.25) is 0 Å². The molecule has 74 valence electrons. The number of carbonyl (C=O) groups is 2. The Labute approximate surface area is 76.3 Å². The standard InChI is InChI=1S/C8H14N2O3/c1-4(11)7(9)5-2-3-6(10-5)8(12)13/h5-7,10H,2-3,9H2,1H3,(H,12,13)/t5-,6+,7?/m1/s1. The van der Waals surface area contributed by atoms with Crippen LogP contribution in [0.1, 0.15) is 19.8 Å². The van der Waals surface area contributed by atoms with Crippen molar-refractivity contribution in [3.05, 3.63) is 0 Å². The van der Waals surface area contributed by atoms with Gasteiger partial charge in [-0.1, -0.05) is 0 Å². The molecule has 0 aromatic rings. The third kappa shape index (κ3) is 2.26. The van der Waals surface area contributed by atoms with Crippen LogP contribution in [-0.4, -0.2) is 35.0 Å². The highest BCUT2D eigenvalue weighted by atomic mass is 16.4. The molecular weight excluding hydrogens is 172 g/mol. The fraction of sp³-hybridized carbons (Fsp3) is 0.750. The molecule has 0 amide bonds. The van der Waals surface area contributed by atoms with Crippen LogP contribution in [0, 0.1) is 0 Å². The molecule has 1 aliphatic rings. The molecule has 1 fully saturated rings. The minimum absolute atomic E-state index is 0.108. The number of hydrogen-bond acceptors (Lipinski definition) is 4. The highest BCUT2D eigenvalue weighted by Crippen LogP contribution is 2.14. The number of rotatable bonds is 3. The lowest BCUT2D eigenvalue weighted by atomic mass is 10.0. The molecule has 0 bridgehead atoms. The minimum Gasteiger partial charge on any atom is -0.480 e. The first-order valence-electron chi connectivity index (χ1n) is 4.27. The van der Waals surface area contributed by atoms with E-state index < -0.39 is 18.1 Å². The molecule has 13 heavy (non-hydrogen) atoms. The van der Waals surface area contributed by atoms with Gasteiger partial charge < -0.3 is 10.8 Å². The third-order valence-corrected chi connectivity index (χ3v) is 2.38. The second-order valence-corrected chi connectivity index (χ2v) is 3.38. The summed E-state index contributed by atoms with van der Waals surface area (Å²) >= 11 is 0. The Morgan fingerprint density at radius 3 is 2.54 bits per heavy atom. The van der Waals surface area contributed by atoms with Gasteiger partial charge in [-0.3, -0.25) is 14.9 Å². The molecule has 5 nitrogen and oxygen atoms in total. The number of hydrogen-bond donors (Lipinski definition) is 3. The van der Waals surface area contributed by atoms with Gasteiger partial charge in [0.1, 0.15) is 11.8 Å². The van der Waals surface area contributed by atoms with Gasteiger partial charge in [0.2, 0.25) is 0 Å². The molecule has 0 radical (unpaired) electrons. The zero-order valence-electron chi connectivity index (χ0n) is 7.49. The van der Waals surface area contributed by atoms with Gasteiger partial charge in [-0.05, 0) is 19.8 Å². The first-order chi connectivity index (χ1) is 6.02. The molecular formula is C8H14N2O3. The normalized spacial score (nSPS) is 30.0. The topological polar surface area (TPSA) is 92.4 Å². The van der Waals surface area contributed by atoms with Crippen molar-refractivity contribution in [3.8, 4) is 0 Å². The van der Waals surface area contributed by atoms with E-state index in [0.29, 0.717) is 12.8 Å². The highest BCUT2D eigenvalue weighted by molar-refractivity contribution is 5.82. The van der Waals surface area contributed by atoms with Gasteiger partial charge in [0, 0.05) is 6.04 Å². The van der Waals surface area contributed by atoms with Crippen molar-refractivity contribution in [1.29, 1.82) is 0 Å². The summed E-state index contributed by atoms with van der Waals surface area (Å²) in [5.41, 5.74) is 5.58. The Morgan fingerprint density at radius 1 is 1.54 bits per heavy atom. The quantitative estimate of drug-likeness (QED) is 0.531. The van der Waals surface area contributed by atoms with Gasteiger partial charge in [0.15, 0.2) is 0 Å². The van der Waals surface area contributed by atoms with E-state index in [4.69, 9.17) is 10.8 Å². The maximum absolute atomic E-state index is 10.9. The molecule has 0 saturated carbocycles. The van der Waals surface area contributed by atoms with Gasteiger partial charge in [-0.15, -0.1) is 0 Å². The van der Waals surface area contributed by atoms with Gasteiger partial charge >= 0.3 is 5.97 Å². The predicted octanol–water partition coefficient (Wildman–Crippen LogP) is -0.892. The molecule has 0 spiro atoms. The molecule has 1 aliphatic heterocycles. The summed E-state index contributed by atoms with van der Waals surface area (Å²) in [6, 6.07) is -1.31. The number of nitrogens with one attached hydrogen (secondary N) is 1. The molecule has 0 aromatic carbocycles. The lowest BCUT2D eigenvalue weighted by molar-refractivity contribution is -0.139. The fourth-order valence-corrected chi connectivity index (χ4v) is 1.53. The maximum atomic E-state index is 10.9. The highest BCUT2D eigenvalue weighted by Gasteiger charge is 2.33. The lowest BCUT2D eigenvalue weighted by Crippen LogP contribution is -2.48. The van der Waals surface area contributed by atoms with Crippen LogP contribution in [-0.2, 0) is 9.59 Å². The monoisotopic (exact) mass is 186 g/mol. The summed E-state index contributed by atoms with van der Waals surface area (Å²) in [7, 11) is 0. The summed E-state index contributed by atoms with van der Waals surface area (Å²) in [4.78, 5) is 21.4. The van der Waals surface area contributed by atoms with E-state index in [1.54, 1.807) is 0 Å². The van der Waals surface area contributed by atoms with Crippen LogP contribution in [0.15, 0.2) is 0 Å². The first kappa shape index (κ1) is 10.1. The Balaban J connectivity index is 2.49. The Morgan fingerprint density at radius 2 is 2.15 bits per heavy atom. The van der Waals surface area contributed by atoms with E-state index in [9.17, 15) is 9.59 Å². The average Bonchev–Trinajstić information content (AvgIpc) is 2.50. The molecule has 1 rings (SSSR count). The molecule has 1 saturated heterocycles. The number of aliphatic carboxylic acids is 1. The van der Waals surface area contributed by atoms with E-state index in [-0.39, 0.29) is 11.8 Å². The van der Waals surface area contributed by atoms with Gasteiger partial charge in [-0.25, -0.2) is 0 Å². The number of Topliss-reactive ketones (excluding diaryl/α,β-unsaturated/α-hetero) is 1. The Bertz CT molecular complexity index is 229. The van der Waals surface area contributed by atoms with Crippen LogP contribution in [0.4, 0.5) is 0 Å². The number of ketones is 1. The number of carbonyl (C=O) groups excluding carboxylic acids is 1. The van der Waals surface area contributed by atoms with Crippen LogP contribution in [0.5, 0.6) is 0 Å². The van der Waals surface area contributed by atoms with Crippen molar-refractivity contribution in [3.63, 3.8) is 0 Å². The third-order valence-electron chi connectivity index (χ3n) is 2.38. The predicted molar refractivity (Wildman–Crippen MR) is 46.2 cm³/mol. The maximum Gasteiger partial charge on any atom is 0.320 e. The minimum atomic E-state index is -0.877. The van der Waals surface area contributed by atoms with Crippen LogP contribution >= 0.6 is 0 Å². The Hall–Kier alpha value is -0.940. The van der Waals surface area contributed by atoms with Crippen LogP contribution in [0.3, 0.4) is 0 Å². The van der Waals surface area contributed by atoms with Gasteiger partial charge in [0.25, 0.3) is 0 Å². The van der Waals surface area contributed by atoms with E-state index in [1.807, 2.05) is 0 Å². The van der Waals surface area contributed by atoms with Crippen molar-refractivity contribution >= 4 is 11.8 Å². The second kappa shape index (κ2) is 3.85. The summed E-state index contributed by atoms with van der Waals surface area (Å²) < 4.78 is 0. The fourth-order valence-electron chi connectivity index (χ4n) is 1.53. The Kier molecular flexibility index (Phi) is 3.00. The molecule has 1 heterocycles. The summed E-state index contributed by atoms with van der Waals surface area (Å²) in [6.45, 7) is 1.42. The molecule has 3 atom stereocenters. The zero-order chi connectivity index (χ0) is 10.0. The van der Waals surface area contributed by atoms with Crippen molar-refractivity contribution in [2.24, 2.45) is 5.73 Å². The number of carboxylic acid groups (broad SMARTS) is 1. The van der Waals surface area contributed by atoms with Crippen molar-refractivity contribution in [1.82, 2.24) is 5.32 Å². The zero-order valence-corrected chi connectivity index (χ0v) is 7.49. The SMILES string of the molecule is CC(=O)C(N)[C@H]1CC[C@@H](C(=O)O)N1. The van der Waals surface area contributed by atoms with Crippen molar-refractivity contribution < 1.29 is 14.7 Å². The van der Waals surface area contributed by atoms with E-state index in [2.05, 4.69) is 5.32 Å². The van der Waals surface area contributed by atoms with Crippen molar-refractivity contribution in [2.75, 3.05) is 0 Å². The molecule has 5 heteroatoms. The van der Waals surface area contributed by atoms with Crippen LogP contribution < -0.4 is 11.1 Å². The van der Waals surface area contributed by atoms with E-state index >= 15 is 0 Å². The summed E-state index contributed by atoms with van der Waals surface area (Å²) in [5, 5.41) is 11.5. The molecule has 0 aromatic heterocycles. The number of nitrogens with two attached hydrogens (primary N) is 1.